The highest BCUT2D eigenvalue weighted by Crippen LogP contribution is 2.05. The highest BCUT2D eigenvalue weighted by molar-refractivity contribution is 7.91. The Kier molecular flexibility index (Phi) is 4.36. The molecule has 0 aromatic rings. The zero-order valence-electron chi connectivity index (χ0n) is 8.28. The molecule has 0 saturated carbocycles. The van der Waals surface area contributed by atoms with Gasteiger partial charge in [0.05, 0.1) is 17.6 Å². The van der Waals surface area contributed by atoms with Crippen LogP contribution < -0.4 is 0 Å². The van der Waals surface area contributed by atoms with E-state index in [1.54, 1.807) is 0 Å². The third kappa shape index (κ3) is 4.07. The van der Waals surface area contributed by atoms with Crippen molar-refractivity contribution >= 4 is 9.84 Å². The van der Waals surface area contributed by atoms with E-state index in [4.69, 9.17) is 5.26 Å². The quantitative estimate of drug-likeness (QED) is 0.639. The van der Waals surface area contributed by atoms with Crippen molar-refractivity contribution in [3.05, 3.63) is 0 Å². The fourth-order valence-electron chi connectivity index (χ4n) is 1.51. The van der Waals surface area contributed by atoms with Gasteiger partial charge in [0.1, 0.15) is 0 Å². The Balaban J connectivity index is 2.14. The van der Waals surface area contributed by atoms with E-state index in [9.17, 15) is 8.42 Å². The number of hydrogen-bond acceptors (Lipinski definition) is 4. The average Bonchev–Trinajstić information content (AvgIpc) is 2.15. The lowest BCUT2D eigenvalue weighted by atomic mass is 10.2. The van der Waals surface area contributed by atoms with Crippen molar-refractivity contribution in [1.29, 1.82) is 5.26 Å². The van der Waals surface area contributed by atoms with Crippen LogP contribution in [-0.2, 0) is 9.84 Å². The molecule has 1 saturated heterocycles. The average molecular weight is 216 g/mol. The summed E-state index contributed by atoms with van der Waals surface area (Å²) in [5, 5.41) is 8.33. The van der Waals surface area contributed by atoms with E-state index < -0.39 is 9.84 Å². The van der Waals surface area contributed by atoms with E-state index in [-0.39, 0.29) is 0 Å². The van der Waals surface area contributed by atoms with Crippen LogP contribution in [0.3, 0.4) is 0 Å². The smallest absolute Gasteiger partial charge is 0.152 e. The summed E-state index contributed by atoms with van der Waals surface area (Å²) in [5.74, 6) is 0.594. The number of nitrogens with zero attached hydrogens (tertiary/aromatic N) is 2. The second-order valence-electron chi connectivity index (χ2n) is 3.61. The molecule has 1 rings (SSSR count). The second-order valence-corrected chi connectivity index (χ2v) is 5.91. The summed E-state index contributed by atoms with van der Waals surface area (Å²) in [4.78, 5) is 2.17. The monoisotopic (exact) mass is 216 g/mol. The molecule has 0 N–H and O–H groups in total. The van der Waals surface area contributed by atoms with Crippen molar-refractivity contribution in [3.63, 3.8) is 0 Å². The van der Waals surface area contributed by atoms with Crippen LogP contribution in [0.25, 0.3) is 0 Å². The van der Waals surface area contributed by atoms with Crippen LogP contribution in [0.1, 0.15) is 19.3 Å². The topological polar surface area (TPSA) is 61.2 Å². The van der Waals surface area contributed by atoms with E-state index in [2.05, 4.69) is 11.0 Å². The van der Waals surface area contributed by atoms with Crippen molar-refractivity contribution in [1.82, 2.24) is 4.90 Å². The molecule has 14 heavy (non-hydrogen) atoms. The molecular formula is C9H16N2O2S. The van der Waals surface area contributed by atoms with Gasteiger partial charge in [-0.15, -0.1) is 0 Å². The lowest BCUT2D eigenvalue weighted by Crippen LogP contribution is -2.40. The second kappa shape index (κ2) is 5.32. The summed E-state index contributed by atoms with van der Waals surface area (Å²) in [5.41, 5.74) is 0. The van der Waals surface area contributed by atoms with Crippen molar-refractivity contribution in [2.24, 2.45) is 0 Å². The number of hydrogen-bond donors (Lipinski definition) is 0. The van der Waals surface area contributed by atoms with Crippen LogP contribution in [-0.4, -0.2) is 44.5 Å². The molecule has 0 spiro atoms. The number of sulfone groups is 1. The van der Waals surface area contributed by atoms with Gasteiger partial charge in [-0.3, -0.25) is 0 Å². The predicted molar refractivity (Wildman–Crippen MR) is 54.6 cm³/mol. The molecule has 0 aromatic heterocycles. The maximum Gasteiger partial charge on any atom is 0.152 e. The zero-order valence-corrected chi connectivity index (χ0v) is 9.09. The first kappa shape index (κ1) is 11.5. The third-order valence-corrected chi connectivity index (χ3v) is 4.06. The van der Waals surface area contributed by atoms with Crippen LogP contribution in [0.5, 0.6) is 0 Å². The highest BCUT2D eigenvalue weighted by Gasteiger charge is 2.20. The molecule has 0 aliphatic carbocycles. The van der Waals surface area contributed by atoms with Gasteiger partial charge in [0, 0.05) is 19.5 Å². The van der Waals surface area contributed by atoms with Gasteiger partial charge in [0.25, 0.3) is 0 Å². The Morgan fingerprint density at radius 3 is 2.43 bits per heavy atom. The van der Waals surface area contributed by atoms with E-state index in [1.807, 2.05) is 0 Å². The van der Waals surface area contributed by atoms with Gasteiger partial charge >= 0.3 is 0 Å². The fraction of sp³-hybridized carbons (Fsp3) is 0.889. The van der Waals surface area contributed by atoms with E-state index in [0.29, 0.717) is 31.0 Å². The lowest BCUT2D eigenvalue weighted by molar-refractivity contribution is 0.289. The Bertz CT molecular complexity index is 291. The van der Waals surface area contributed by atoms with Crippen LogP contribution in [0.2, 0.25) is 0 Å². The summed E-state index contributed by atoms with van der Waals surface area (Å²) in [6.45, 7) is 2.25. The molecule has 1 aliphatic rings. The van der Waals surface area contributed by atoms with Crippen LogP contribution in [0, 0.1) is 11.3 Å². The molecular weight excluding hydrogens is 200 g/mol. The van der Waals surface area contributed by atoms with Crippen molar-refractivity contribution in [2.75, 3.05) is 31.1 Å². The molecule has 80 valence electrons. The van der Waals surface area contributed by atoms with Gasteiger partial charge in [-0.2, -0.15) is 5.26 Å². The van der Waals surface area contributed by atoms with E-state index in [0.717, 1.165) is 19.4 Å². The van der Waals surface area contributed by atoms with Crippen LogP contribution in [0.15, 0.2) is 0 Å². The SMILES string of the molecule is N#CCCCCN1CCS(=O)(=O)CC1. The van der Waals surface area contributed by atoms with E-state index >= 15 is 0 Å². The molecule has 0 radical (unpaired) electrons. The number of rotatable bonds is 4. The summed E-state index contributed by atoms with van der Waals surface area (Å²) >= 11 is 0. The van der Waals surface area contributed by atoms with Gasteiger partial charge in [-0.1, -0.05) is 0 Å². The van der Waals surface area contributed by atoms with Crippen molar-refractivity contribution in [2.45, 2.75) is 19.3 Å². The summed E-state index contributed by atoms with van der Waals surface area (Å²) in [7, 11) is -2.74. The maximum absolute atomic E-state index is 11.1. The largest absolute Gasteiger partial charge is 0.301 e. The Morgan fingerprint density at radius 1 is 1.21 bits per heavy atom. The molecule has 5 heteroatoms. The first-order chi connectivity index (χ1) is 6.64. The zero-order chi connectivity index (χ0) is 10.4. The molecule has 0 bridgehead atoms. The standard InChI is InChI=1S/C9H16N2O2S/c10-4-2-1-3-5-11-6-8-14(12,13)9-7-11/h1-3,5-9H2. The Morgan fingerprint density at radius 2 is 1.86 bits per heavy atom. The molecule has 0 amide bonds. The molecule has 0 atom stereocenters. The van der Waals surface area contributed by atoms with Gasteiger partial charge in [-0.05, 0) is 19.4 Å². The predicted octanol–water partition coefficient (Wildman–Crippen LogP) is 0.411. The minimum Gasteiger partial charge on any atom is -0.301 e. The summed E-state index contributed by atoms with van der Waals surface area (Å²) in [6, 6.07) is 2.10. The van der Waals surface area contributed by atoms with Crippen LogP contribution in [0.4, 0.5) is 0 Å². The van der Waals surface area contributed by atoms with Gasteiger partial charge in [-0.25, -0.2) is 8.42 Å². The number of nitriles is 1. The fourth-order valence-corrected chi connectivity index (χ4v) is 2.79. The molecule has 1 aliphatic heterocycles. The van der Waals surface area contributed by atoms with Crippen molar-refractivity contribution < 1.29 is 8.42 Å². The highest BCUT2D eigenvalue weighted by atomic mass is 32.2. The molecule has 0 unspecified atom stereocenters. The third-order valence-electron chi connectivity index (χ3n) is 2.45. The van der Waals surface area contributed by atoms with Gasteiger partial charge in [0.2, 0.25) is 0 Å². The molecule has 1 fully saturated rings. The molecule has 0 aromatic carbocycles. The lowest BCUT2D eigenvalue weighted by Gasteiger charge is -2.26. The minimum absolute atomic E-state index is 0.297. The number of unbranched alkanes of at least 4 members (excludes halogenated alkanes) is 2. The molecule has 1 heterocycles. The molecule has 4 nitrogen and oxygen atoms in total. The summed E-state index contributed by atoms with van der Waals surface area (Å²) in [6.07, 6.45) is 2.51. The minimum atomic E-state index is -2.74. The maximum atomic E-state index is 11.1. The first-order valence-corrected chi connectivity index (χ1v) is 6.76. The Labute approximate surface area is 85.4 Å². The van der Waals surface area contributed by atoms with Crippen molar-refractivity contribution in [3.8, 4) is 6.07 Å². The summed E-state index contributed by atoms with van der Waals surface area (Å²) < 4.78 is 22.2. The van der Waals surface area contributed by atoms with Gasteiger partial charge < -0.3 is 4.90 Å². The Hall–Kier alpha value is -0.600. The normalized spacial score (nSPS) is 21.6. The van der Waals surface area contributed by atoms with Crippen LogP contribution >= 0.6 is 0 Å². The first-order valence-electron chi connectivity index (χ1n) is 4.94. The van der Waals surface area contributed by atoms with Gasteiger partial charge in [0.15, 0.2) is 9.84 Å². The van der Waals surface area contributed by atoms with E-state index in [1.165, 1.54) is 0 Å².